The summed E-state index contributed by atoms with van der Waals surface area (Å²) in [5.41, 5.74) is 0.832. The highest BCUT2D eigenvalue weighted by Gasteiger charge is 2.15. The van der Waals surface area contributed by atoms with Crippen LogP contribution in [0.5, 0.6) is 0 Å². The zero-order valence-electron chi connectivity index (χ0n) is 13.6. The summed E-state index contributed by atoms with van der Waals surface area (Å²) in [4.78, 5) is 11.8. The van der Waals surface area contributed by atoms with Gasteiger partial charge in [0.1, 0.15) is 5.69 Å². The van der Waals surface area contributed by atoms with E-state index in [4.69, 9.17) is 11.6 Å². The van der Waals surface area contributed by atoms with Crippen molar-refractivity contribution in [1.29, 1.82) is 0 Å². The van der Waals surface area contributed by atoms with E-state index in [1.54, 1.807) is 24.3 Å². The van der Waals surface area contributed by atoms with E-state index in [9.17, 15) is 9.00 Å². The Morgan fingerprint density at radius 3 is 2.52 bits per heavy atom. The topological polar surface area (TPSA) is 68.1 Å². The number of ether oxygens (including phenoxy) is 1. The Kier molecular flexibility index (Phi) is 7.03. The molecule has 0 amide bonds. The zero-order valence-corrected chi connectivity index (χ0v) is 15.2. The van der Waals surface area contributed by atoms with Crippen LogP contribution < -0.4 is 0 Å². The van der Waals surface area contributed by atoms with Gasteiger partial charge in [0.05, 0.1) is 28.6 Å². The predicted octanol–water partition coefficient (Wildman–Crippen LogP) is 4.33. The Labute approximate surface area is 153 Å². The Morgan fingerprint density at radius 2 is 1.84 bits per heavy atom. The van der Waals surface area contributed by atoms with Crippen LogP contribution >= 0.6 is 11.6 Å². The molecule has 2 unspecified atom stereocenters. The van der Waals surface area contributed by atoms with Crippen molar-refractivity contribution in [3.8, 4) is 0 Å². The third-order valence-corrected chi connectivity index (χ3v) is 4.97. The van der Waals surface area contributed by atoms with Crippen molar-refractivity contribution in [3.63, 3.8) is 0 Å². The van der Waals surface area contributed by atoms with Gasteiger partial charge in [0.2, 0.25) is 5.50 Å². The summed E-state index contributed by atoms with van der Waals surface area (Å²) in [6.07, 6.45) is 0. The first-order valence-electron chi connectivity index (χ1n) is 7.36. The van der Waals surface area contributed by atoms with Crippen LogP contribution in [0.3, 0.4) is 0 Å². The molecule has 0 N–H and O–H groups in total. The fourth-order valence-electron chi connectivity index (χ4n) is 1.98. The monoisotopic (exact) mass is 376 g/mol. The van der Waals surface area contributed by atoms with Gasteiger partial charge >= 0.3 is 5.97 Å². The minimum Gasteiger partial charge on any atom is -0.466 e. The first-order chi connectivity index (χ1) is 12.0. The average molecular weight is 377 g/mol. The van der Waals surface area contributed by atoms with Gasteiger partial charge in [0, 0.05) is 0 Å². The van der Waals surface area contributed by atoms with Gasteiger partial charge in [-0.15, -0.1) is 0 Å². The molecule has 25 heavy (non-hydrogen) atoms. The molecule has 0 saturated heterocycles. The fourth-order valence-corrected chi connectivity index (χ4v) is 3.33. The average Bonchev–Trinajstić information content (AvgIpc) is 2.66. The molecule has 0 fully saturated rings. The Morgan fingerprint density at radius 1 is 1.20 bits per heavy atom. The molecule has 2 atom stereocenters. The van der Waals surface area contributed by atoms with Crippen LogP contribution in [0, 0.1) is 0 Å². The molecule has 7 heteroatoms. The number of alkyl halides is 1. The molecule has 2 rings (SSSR count). The van der Waals surface area contributed by atoms with Crippen LogP contribution in [0.2, 0.25) is 0 Å². The maximum absolute atomic E-state index is 12.7. The maximum Gasteiger partial charge on any atom is 0.348 e. The number of azo groups is 1. The lowest BCUT2D eigenvalue weighted by atomic mass is 10.1. The van der Waals surface area contributed by atoms with Crippen LogP contribution in [0.25, 0.3) is 5.57 Å². The summed E-state index contributed by atoms with van der Waals surface area (Å²) in [5.74, 6) is -0.445. The largest absolute Gasteiger partial charge is 0.466 e. The summed E-state index contributed by atoms with van der Waals surface area (Å²) in [7, 11) is -0.152. The number of hydrogen-bond acceptors (Lipinski definition) is 5. The number of halogens is 1. The lowest BCUT2D eigenvalue weighted by Gasteiger charge is -2.08. The second-order valence-electron chi connectivity index (χ2n) is 5.00. The van der Waals surface area contributed by atoms with E-state index in [1.807, 2.05) is 30.3 Å². The van der Waals surface area contributed by atoms with Crippen molar-refractivity contribution in [2.45, 2.75) is 10.4 Å². The summed E-state index contributed by atoms with van der Waals surface area (Å²) in [6.45, 7) is 4.00. The minimum atomic E-state index is -1.37. The van der Waals surface area contributed by atoms with Gasteiger partial charge in [-0.1, -0.05) is 60.6 Å². The van der Waals surface area contributed by atoms with Crippen LogP contribution in [-0.2, 0) is 20.3 Å². The smallest absolute Gasteiger partial charge is 0.348 e. The standard InChI is InChI=1S/C18H17ClN2O3S/c1-13(14-8-4-3-5-9-14)12-25(23)16-11-7-6-10-15(16)20-21-17(19)18(22)24-2/h3-11,17H,1,12H2,2H3. The summed E-state index contributed by atoms with van der Waals surface area (Å²) >= 11 is 5.75. The second kappa shape index (κ2) is 9.25. The van der Waals surface area contributed by atoms with E-state index in [0.29, 0.717) is 10.6 Å². The highest BCUT2D eigenvalue weighted by Crippen LogP contribution is 2.26. The van der Waals surface area contributed by atoms with E-state index in [2.05, 4.69) is 21.5 Å². The summed E-state index contributed by atoms with van der Waals surface area (Å²) in [5, 5.41) is 7.65. The number of hydrogen-bond donors (Lipinski definition) is 0. The van der Waals surface area contributed by atoms with Crippen molar-refractivity contribution in [3.05, 3.63) is 66.7 Å². The van der Waals surface area contributed by atoms with Crippen molar-refractivity contribution in [2.24, 2.45) is 10.2 Å². The molecule has 0 heterocycles. The predicted molar refractivity (Wildman–Crippen MR) is 99.4 cm³/mol. The molecular weight excluding hydrogens is 360 g/mol. The number of nitrogens with zero attached hydrogens (tertiary/aromatic N) is 2. The van der Waals surface area contributed by atoms with Crippen LogP contribution in [0.1, 0.15) is 5.56 Å². The van der Waals surface area contributed by atoms with E-state index in [1.165, 1.54) is 7.11 Å². The zero-order chi connectivity index (χ0) is 18.2. The van der Waals surface area contributed by atoms with Gasteiger partial charge in [-0.2, -0.15) is 10.2 Å². The SMILES string of the molecule is C=C(CS(=O)c1ccccc1N=NC(Cl)C(=O)OC)c1ccccc1. The highest BCUT2D eigenvalue weighted by molar-refractivity contribution is 7.85. The van der Waals surface area contributed by atoms with Crippen LogP contribution in [0.15, 0.2) is 76.3 Å². The van der Waals surface area contributed by atoms with Gasteiger partial charge in [-0.05, 0) is 23.3 Å². The lowest BCUT2D eigenvalue weighted by Crippen LogP contribution is -2.12. The molecule has 2 aromatic carbocycles. The first kappa shape index (κ1) is 19.0. The normalized spacial score (nSPS) is 13.4. The number of carbonyl (C=O) groups is 1. The molecule has 5 nitrogen and oxygen atoms in total. The van der Waals surface area contributed by atoms with Gasteiger partial charge in [-0.3, -0.25) is 4.21 Å². The van der Waals surface area contributed by atoms with Crippen molar-refractivity contribution < 1.29 is 13.7 Å². The van der Waals surface area contributed by atoms with Crippen molar-refractivity contribution in [1.82, 2.24) is 0 Å². The van der Waals surface area contributed by atoms with Crippen LogP contribution in [0.4, 0.5) is 5.69 Å². The van der Waals surface area contributed by atoms with Gasteiger partial charge in [0.15, 0.2) is 0 Å². The number of rotatable bonds is 7. The first-order valence-corrected chi connectivity index (χ1v) is 9.12. The third kappa shape index (κ3) is 5.34. The number of carbonyl (C=O) groups excluding carboxylic acids is 1. The maximum atomic E-state index is 12.7. The van der Waals surface area contributed by atoms with E-state index >= 15 is 0 Å². The molecule has 0 aliphatic rings. The van der Waals surface area contributed by atoms with Gasteiger partial charge in [0.25, 0.3) is 0 Å². The highest BCUT2D eigenvalue weighted by atomic mass is 35.5. The number of esters is 1. The molecular formula is C18H17ClN2O3S. The van der Waals surface area contributed by atoms with E-state index in [-0.39, 0.29) is 5.75 Å². The minimum absolute atomic E-state index is 0.262. The van der Waals surface area contributed by atoms with Crippen molar-refractivity contribution >= 4 is 39.6 Å². The number of methoxy groups -OCH3 is 1. The third-order valence-electron chi connectivity index (χ3n) is 3.26. The summed E-state index contributed by atoms with van der Waals surface area (Å²) < 4.78 is 17.2. The Balaban J connectivity index is 2.16. The van der Waals surface area contributed by atoms with Gasteiger partial charge < -0.3 is 4.74 Å². The molecule has 0 aliphatic carbocycles. The van der Waals surface area contributed by atoms with Gasteiger partial charge in [-0.25, -0.2) is 4.79 Å². The van der Waals surface area contributed by atoms with E-state index in [0.717, 1.165) is 11.1 Å². The Bertz CT molecular complexity index is 809. The lowest BCUT2D eigenvalue weighted by molar-refractivity contribution is -0.140. The summed E-state index contributed by atoms with van der Waals surface area (Å²) in [6, 6.07) is 16.4. The van der Waals surface area contributed by atoms with Crippen molar-refractivity contribution in [2.75, 3.05) is 12.9 Å². The van der Waals surface area contributed by atoms with Crippen LogP contribution in [-0.4, -0.2) is 28.5 Å². The fraction of sp³-hybridized carbons (Fsp3) is 0.167. The molecule has 0 radical (unpaired) electrons. The molecule has 2 aromatic rings. The van der Waals surface area contributed by atoms with E-state index < -0.39 is 22.3 Å². The molecule has 0 spiro atoms. The molecule has 130 valence electrons. The molecule has 0 aromatic heterocycles. The Hall–Kier alpha value is -2.31. The molecule has 0 saturated carbocycles. The second-order valence-corrected chi connectivity index (χ2v) is 6.83. The molecule has 0 aliphatic heterocycles. The molecule has 0 bridgehead atoms. The number of benzene rings is 2. The quantitative estimate of drug-likeness (QED) is 0.312.